The maximum Gasteiger partial charge on any atom is 0.420 e. The van der Waals surface area contributed by atoms with Gasteiger partial charge in [-0.1, -0.05) is 46.8 Å². The van der Waals surface area contributed by atoms with Crippen LogP contribution in [0.2, 0.25) is 0 Å². The lowest BCUT2D eigenvalue weighted by atomic mass is 9.84. The van der Waals surface area contributed by atoms with Crippen molar-refractivity contribution in [1.29, 1.82) is 0 Å². The molecule has 0 unspecified atom stereocenters. The Labute approximate surface area is 312 Å². The predicted octanol–water partition coefficient (Wildman–Crippen LogP) is 10.3. The molecule has 8 nitrogen and oxygen atoms in total. The van der Waals surface area contributed by atoms with E-state index in [0.717, 1.165) is 34.1 Å². The number of alkyl halides is 6. The zero-order chi connectivity index (χ0) is 41.2. The standard InChI is InChI=1S/C39H30F6N2O6.C2H6/c1-36(2,3)21-17-28(38(40,41)42)31(29(18-21)39(43,44)45)53-23-11-9-22(10-12-23)46-32(49)24-13-7-19(15-26(24)33(46)50)30(48)20-8-14-25-27(16-20)35(52)47(34(25)51)37(4,5)6;1-2/h7-18H,1-6H3;1-2H3. The summed E-state index contributed by atoms with van der Waals surface area (Å²) in [5.41, 5.74) is -5.36. The number of imide groups is 2. The van der Waals surface area contributed by atoms with E-state index in [2.05, 4.69) is 0 Å². The van der Waals surface area contributed by atoms with Crippen molar-refractivity contribution in [2.24, 2.45) is 0 Å². The molecule has 0 aliphatic carbocycles. The Kier molecular flexibility index (Phi) is 10.1. The van der Waals surface area contributed by atoms with Gasteiger partial charge in [0.05, 0.1) is 39.1 Å². The average Bonchev–Trinajstić information content (AvgIpc) is 3.50. The lowest BCUT2D eigenvalue weighted by molar-refractivity contribution is -0.145. The lowest BCUT2D eigenvalue weighted by Crippen LogP contribution is -2.45. The number of nitrogens with zero attached hydrogens (tertiary/aromatic N) is 2. The van der Waals surface area contributed by atoms with Crippen molar-refractivity contribution in [3.8, 4) is 11.5 Å². The van der Waals surface area contributed by atoms with Crippen molar-refractivity contribution in [1.82, 2.24) is 4.90 Å². The Morgan fingerprint density at radius 3 is 1.42 bits per heavy atom. The molecule has 4 amide bonds. The molecule has 0 aromatic heterocycles. The quantitative estimate of drug-likeness (QED) is 0.114. The third-order valence-electron chi connectivity index (χ3n) is 8.85. The van der Waals surface area contributed by atoms with Crippen molar-refractivity contribution >= 4 is 35.1 Å². The largest absolute Gasteiger partial charge is 0.456 e. The third-order valence-corrected chi connectivity index (χ3v) is 8.85. The van der Waals surface area contributed by atoms with Gasteiger partial charge in [0.15, 0.2) is 11.5 Å². The number of halogens is 6. The molecule has 4 aromatic carbocycles. The van der Waals surface area contributed by atoms with Crippen LogP contribution < -0.4 is 9.64 Å². The van der Waals surface area contributed by atoms with Gasteiger partial charge in [-0.2, -0.15) is 26.3 Å². The Bertz CT molecular complexity index is 2230. The van der Waals surface area contributed by atoms with Crippen LogP contribution >= 0.6 is 0 Å². The van der Waals surface area contributed by atoms with Crippen LogP contribution in [0.5, 0.6) is 11.5 Å². The van der Waals surface area contributed by atoms with Gasteiger partial charge in [-0.05, 0) is 92.4 Å². The minimum absolute atomic E-state index is 0.00156. The molecule has 0 fully saturated rings. The molecule has 4 aromatic rings. The van der Waals surface area contributed by atoms with Crippen molar-refractivity contribution in [2.75, 3.05) is 4.90 Å². The lowest BCUT2D eigenvalue weighted by Gasteiger charge is -2.29. The minimum Gasteiger partial charge on any atom is -0.456 e. The average molecular weight is 767 g/mol. The van der Waals surface area contributed by atoms with Gasteiger partial charge in [-0.25, -0.2) is 4.90 Å². The smallest absolute Gasteiger partial charge is 0.420 e. The maximum absolute atomic E-state index is 14.1. The highest BCUT2D eigenvalue weighted by Crippen LogP contribution is 2.48. The summed E-state index contributed by atoms with van der Waals surface area (Å²) in [4.78, 5) is 68.1. The second-order valence-corrected chi connectivity index (χ2v) is 14.7. The van der Waals surface area contributed by atoms with Gasteiger partial charge in [0, 0.05) is 16.7 Å². The highest BCUT2D eigenvalue weighted by atomic mass is 19.4. The zero-order valence-corrected chi connectivity index (χ0v) is 31.0. The van der Waals surface area contributed by atoms with Gasteiger partial charge in [-0.3, -0.25) is 28.9 Å². The number of hydrogen-bond donors (Lipinski definition) is 0. The number of amides is 4. The number of hydrogen-bond acceptors (Lipinski definition) is 6. The Balaban J connectivity index is 0.00000285. The number of anilines is 1. The Hall–Kier alpha value is -5.79. The zero-order valence-electron chi connectivity index (χ0n) is 31.0. The van der Waals surface area contributed by atoms with Crippen LogP contribution in [0.3, 0.4) is 0 Å². The number of carbonyl (C=O) groups excluding carboxylic acids is 5. The third kappa shape index (κ3) is 7.37. The highest BCUT2D eigenvalue weighted by molar-refractivity contribution is 6.35. The highest BCUT2D eigenvalue weighted by Gasteiger charge is 2.45. The summed E-state index contributed by atoms with van der Waals surface area (Å²) < 4.78 is 89.9. The van der Waals surface area contributed by atoms with Gasteiger partial charge in [0.25, 0.3) is 23.6 Å². The molecule has 55 heavy (non-hydrogen) atoms. The van der Waals surface area contributed by atoms with E-state index in [9.17, 15) is 50.3 Å². The van der Waals surface area contributed by atoms with Crippen LogP contribution in [-0.2, 0) is 17.8 Å². The first-order chi connectivity index (χ1) is 25.4. The van der Waals surface area contributed by atoms with E-state index in [4.69, 9.17) is 4.74 Å². The van der Waals surface area contributed by atoms with E-state index in [1.54, 1.807) is 20.8 Å². The molecule has 0 saturated heterocycles. The van der Waals surface area contributed by atoms with E-state index in [1.807, 2.05) is 13.8 Å². The monoisotopic (exact) mass is 766 g/mol. The SMILES string of the molecule is CC.CC(C)(C)c1cc(C(F)(F)F)c(Oc2ccc(N3C(=O)c4ccc(C(=O)c5ccc6c(c5)C(=O)N(C(C)(C)C)C6=O)cc4C3=O)cc2)c(C(F)(F)F)c1. The topological polar surface area (TPSA) is 101 Å². The maximum atomic E-state index is 14.1. The number of benzene rings is 4. The molecule has 0 atom stereocenters. The van der Waals surface area contributed by atoms with Crippen molar-refractivity contribution in [2.45, 2.75) is 78.7 Å². The summed E-state index contributed by atoms with van der Waals surface area (Å²) in [6.07, 6.45) is -10.4. The van der Waals surface area contributed by atoms with Crippen LogP contribution in [0.15, 0.2) is 72.8 Å². The second-order valence-electron chi connectivity index (χ2n) is 14.7. The molecule has 0 radical (unpaired) electrons. The van der Waals surface area contributed by atoms with Gasteiger partial charge in [0.2, 0.25) is 0 Å². The second kappa shape index (κ2) is 13.8. The van der Waals surface area contributed by atoms with Gasteiger partial charge >= 0.3 is 12.4 Å². The molecule has 0 spiro atoms. The normalized spacial score (nSPS) is 14.5. The number of ketones is 1. The molecule has 288 valence electrons. The first kappa shape index (κ1) is 40.4. The van der Waals surface area contributed by atoms with Crippen molar-refractivity contribution < 1.29 is 55.1 Å². The number of rotatable bonds is 5. The number of fused-ring (bicyclic) bond motifs is 2. The molecular weight excluding hydrogens is 730 g/mol. The van der Waals surface area contributed by atoms with E-state index in [-0.39, 0.29) is 44.6 Å². The minimum atomic E-state index is -5.21. The fourth-order valence-corrected chi connectivity index (χ4v) is 6.15. The van der Waals surface area contributed by atoms with Gasteiger partial charge in [-0.15, -0.1) is 0 Å². The number of carbonyl (C=O) groups is 5. The summed E-state index contributed by atoms with van der Waals surface area (Å²) in [7, 11) is 0. The van der Waals surface area contributed by atoms with Gasteiger partial charge < -0.3 is 4.74 Å². The Morgan fingerprint density at radius 1 is 0.564 bits per heavy atom. The molecule has 0 bridgehead atoms. The van der Waals surface area contributed by atoms with Crippen LogP contribution in [0.1, 0.15) is 129 Å². The van der Waals surface area contributed by atoms with Crippen LogP contribution in [0, 0.1) is 0 Å². The molecule has 2 heterocycles. The first-order valence-electron chi connectivity index (χ1n) is 17.1. The molecule has 14 heteroatoms. The molecule has 0 N–H and O–H groups in total. The molecule has 2 aliphatic heterocycles. The summed E-state index contributed by atoms with van der Waals surface area (Å²) >= 11 is 0. The van der Waals surface area contributed by atoms with E-state index >= 15 is 0 Å². The van der Waals surface area contributed by atoms with Crippen LogP contribution in [0.4, 0.5) is 32.0 Å². The molecule has 2 aliphatic rings. The molecule has 6 rings (SSSR count). The van der Waals surface area contributed by atoms with Gasteiger partial charge in [0.1, 0.15) is 5.75 Å². The fraction of sp³-hybridized carbons (Fsp3) is 0.293. The summed E-state index contributed by atoms with van der Waals surface area (Å²) in [5, 5.41) is 0. The first-order valence-corrected chi connectivity index (χ1v) is 17.1. The summed E-state index contributed by atoms with van der Waals surface area (Å²) in [6, 6.07) is 13.3. The van der Waals surface area contributed by atoms with E-state index in [1.165, 1.54) is 57.2 Å². The predicted molar refractivity (Wildman–Crippen MR) is 191 cm³/mol. The van der Waals surface area contributed by atoms with Crippen LogP contribution in [0.25, 0.3) is 0 Å². The summed E-state index contributed by atoms with van der Waals surface area (Å²) in [5.74, 6) is -5.18. The molecule has 0 saturated carbocycles. The van der Waals surface area contributed by atoms with Crippen molar-refractivity contribution in [3.05, 3.63) is 123 Å². The molecular formula is C41H36F6N2O6. The van der Waals surface area contributed by atoms with E-state index < -0.39 is 75.3 Å². The van der Waals surface area contributed by atoms with Crippen molar-refractivity contribution in [3.63, 3.8) is 0 Å². The Morgan fingerprint density at radius 2 is 0.982 bits per heavy atom. The fourth-order valence-electron chi connectivity index (χ4n) is 6.15. The number of ether oxygens (including phenoxy) is 1. The van der Waals surface area contributed by atoms with E-state index in [0.29, 0.717) is 12.1 Å². The summed E-state index contributed by atoms with van der Waals surface area (Å²) in [6.45, 7) is 13.5. The van der Waals surface area contributed by atoms with Crippen LogP contribution in [-0.4, -0.2) is 39.9 Å².